The minimum absolute atomic E-state index is 0.526. The molecule has 0 radical (unpaired) electrons. The lowest BCUT2D eigenvalue weighted by Gasteiger charge is -2.28. The van der Waals surface area contributed by atoms with Gasteiger partial charge in [-0.25, -0.2) is 0 Å². The van der Waals surface area contributed by atoms with Crippen molar-refractivity contribution in [2.24, 2.45) is 4.99 Å². The van der Waals surface area contributed by atoms with Crippen molar-refractivity contribution in [1.82, 2.24) is 0 Å². The van der Waals surface area contributed by atoms with E-state index in [9.17, 15) is 0 Å². The molecule has 0 saturated carbocycles. The molecule has 0 bridgehead atoms. The third kappa shape index (κ3) is 3.61. The predicted octanol–water partition coefficient (Wildman–Crippen LogP) is 4.58. The second kappa shape index (κ2) is 7.14. The first-order valence-corrected chi connectivity index (χ1v) is 7.90. The van der Waals surface area contributed by atoms with Gasteiger partial charge < -0.3 is 9.64 Å². The summed E-state index contributed by atoms with van der Waals surface area (Å²) in [5.41, 5.74) is 2.89. The van der Waals surface area contributed by atoms with E-state index in [0.29, 0.717) is 10.0 Å². The zero-order valence-corrected chi connectivity index (χ0v) is 13.5. The first-order chi connectivity index (χ1) is 10.7. The molecule has 114 valence electrons. The Morgan fingerprint density at radius 1 is 1.00 bits per heavy atom. The van der Waals surface area contributed by atoms with Gasteiger partial charge >= 0.3 is 0 Å². The van der Waals surface area contributed by atoms with Gasteiger partial charge in [-0.3, -0.25) is 4.99 Å². The van der Waals surface area contributed by atoms with Crippen LogP contribution in [-0.4, -0.2) is 32.5 Å². The van der Waals surface area contributed by atoms with Crippen molar-refractivity contribution in [1.29, 1.82) is 0 Å². The summed E-state index contributed by atoms with van der Waals surface area (Å²) in [6, 6.07) is 13.7. The van der Waals surface area contributed by atoms with E-state index in [-0.39, 0.29) is 0 Å². The fourth-order valence-corrected chi connectivity index (χ4v) is 2.69. The molecule has 1 aliphatic heterocycles. The van der Waals surface area contributed by atoms with E-state index >= 15 is 0 Å². The predicted molar refractivity (Wildman–Crippen MR) is 93.2 cm³/mol. The van der Waals surface area contributed by atoms with Gasteiger partial charge in [0.25, 0.3) is 0 Å². The number of aliphatic imine (C=N–C) groups is 1. The van der Waals surface area contributed by atoms with Crippen LogP contribution in [0.4, 0.5) is 11.4 Å². The molecule has 1 fully saturated rings. The molecule has 0 amide bonds. The minimum Gasteiger partial charge on any atom is -0.378 e. The standard InChI is InChI=1S/C17H16Cl2N2O/c18-16-3-1-2-13(17(16)19)12-20-14-4-6-15(7-5-14)21-8-10-22-11-9-21/h1-7,12H,8-11H2. The van der Waals surface area contributed by atoms with Crippen molar-refractivity contribution in [2.45, 2.75) is 0 Å². The molecule has 3 nitrogen and oxygen atoms in total. The van der Waals surface area contributed by atoms with Crippen LogP contribution in [0.3, 0.4) is 0 Å². The molecule has 2 aromatic rings. The number of benzene rings is 2. The SMILES string of the molecule is Clc1cccc(C=Nc2ccc(N3CCOCC3)cc2)c1Cl. The Morgan fingerprint density at radius 2 is 1.73 bits per heavy atom. The lowest BCUT2D eigenvalue weighted by atomic mass is 10.2. The monoisotopic (exact) mass is 334 g/mol. The molecule has 22 heavy (non-hydrogen) atoms. The number of ether oxygens (including phenoxy) is 1. The Morgan fingerprint density at radius 3 is 2.45 bits per heavy atom. The number of hydrogen-bond acceptors (Lipinski definition) is 3. The lowest BCUT2D eigenvalue weighted by molar-refractivity contribution is 0.122. The second-order valence-corrected chi connectivity index (χ2v) is 5.80. The second-order valence-electron chi connectivity index (χ2n) is 5.02. The van der Waals surface area contributed by atoms with Crippen molar-refractivity contribution < 1.29 is 4.74 Å². The first kappa shape index (κ1) is 15.3. The van der Waals surface area contributed by atoms with Crippen molar-refractivity contribution in [2.75, 3.05) is 31.2 Å². The van der Waals surface area contributed by atoms with E-state index in [1.807, 2.05) is 24.3 Å². The maximum atomic E-state index is 6.14. The molecular formula is C17H16Cl2N2O. The minimum atomic E-state index is 0.526. The number of rotatable bonds is 3. The molecule has 3 rings (SSSR count). The average Bonchev–Trinajstić information content (AvgIpc) is 2.57. The van der Waals surface area contributed by atoms with E-state index < -0.39 is 0 Å². The highest BCUT2D eigenvalue weighted by molar-refractivity contribution is 6.43. The Bertz CT molecular complexity index is 665. The quantitative estimate of drug-likeness (QED) is 0.767. The third-order valence-electron chi connectivity index (χ3n) is 3.56. The van der Waals surface area contributed by atoms with Crippen LogP contribution in [0.5, 0.6) is 0 Å². The van der Waals surface area contributed by atoms with Crippen LogP contribution in [-0.2, 0) is 4.74 Å². The van der Waals surface area contributed by atoms with Crippen LogP contribution < -0.4 is 4.90 Å². The van der Waals surface area contributed by atoms with Crippen molar-refractivity contribution in [3.63, 3.8) is 0 Å². The van der Waals surface area contributed by atoms with Crippen LogP contribution in [0.1, 0.15) is 5.56 Å². The van der Waals surface area contributed by atoms with Gasteiger partial charge in [0.05, 0.1) is 28.9 Å². The topological polar surface area (TPSA) is 24.8 Å². The molecule has 1 heterocycles. The Labute approximate surface area is 140 Å². The van der Waals surface area contributed by atoms with Crippen LogP contribution in [0.2, 0.25) is 10.0 Å². The van der Waals surface area contributed by atoms with Crippen LogP contribution in [0.25, 0.3) is 0 Å². The normalized spacial score (nSPS) is 15.5. The largest absolute Gasteiger partial charge is 0.378 e. The van der Waals surface area contributed by atoms with E-state index in [0.717, 1.165) is 37.6 Å². The Kier molecular flexibility index (Phi) is 4.98. The fourth-order valence-electron chi connectivity index (χ4n) is 2.34. The van der Waals surface area contributed by atoms with Crippen LogP contribution in [0.15, 0.2) is 47.5 Å². The summed E-state index contributed by atoms with van der Waals surface area (Å²) in [7, 11) is 0. The number of hydrogen-bond donors (Lipinski definition) is 0. The van der Waals surface area contributed by atoms with Gasteiger partial charge in [0.15, 0.2) is 0 Å². The zero-order chi connectivity index (χ0) is 15.4. The van der Waals surface area contributed by atoms with Gasteiger partial charge in [0.2, 0.25) is 0 Å². The van der Waals surface area contributed by atoms with Crippen LogP contribution >= 0.6 is 23.2 Å². The van der Waals surface area contributed by atoms with Crippen molar-refractivity contribution >= 4 is 40.8 Å². The lowest BCUT2D eigenvalue weighted by Crippen LogP contribution is -2.36. The molecule has 0 N–H and O–H groups in total. The molecule has 0 aliphatic carbocycles. The number of anilines is 1. The van der Waals surface area contributed by atoms with Crippen LogP contribution in [0, 0.1) is 0 Å². The highest BCUT2D eigenvalue weighted by Gasteiger charge is 2.10. The average molecular weight is 335 g/mol. The van der Waals surface area contributed by atoms with Gasteiger partial charge in [-0.2, -0.15) is 0 Å². The van der Waals surface area contributed by atoms with Gasteiger partial charge in [-0.15, -0.1) is 0 Å². The molecule has 5 heteroatoms. The fraction of sp³-hybridized carbons (Fsp3) is 0.235. The summed E-state index contributed by atoms with van der Waals surface area (Å²) >= 11 is 12.1. The molecule has 0 aromatic heterocycles. The maximum absolute atomic E-state index is 6.14. The van der Waals surface area contributed by atoms with Gasteiger partial charge in [-0.1, -0.05) is 35.3 Å². The molecule has 1 saturated heterocycles. The van der Waals surface area contributed by atoms with Gasteiger partial charge in [-0.05, 0) is 30.3 Å². The summed E-state index contributed by atoms with van der Waals surface area (Å²) in [6.07, 6.45) is 1.73. The van der Waals surface area contributed by atoms with E-state index in [2.05, 4.69) is 22.0 Å². The molecule has 0 unspecified atom stereocenters. The van der Waals surface area contributed by atoms with Crippen molar-refractivity contribution in [3.8, 4) is 0 Å². The number of morpholine rings is 1. The van der Waals surface area contributed by atoms with E-state index in [1.54, 1.807) is 12.3 Å². The molecular weight excluding hydrogens is 319 g/mol. The molecule has 0 atom stereocenters. The van der Waals surface area contributed by atoms with Gasteiger partial charge in [0, 0.05) is 30.6 Å². The number of nitrogens with zero attached hydrogens (tertiary/aromatic N) is 2. The summed E-state index contributed by atoms with van der Waals surface area (Å²) in [4.78, 5) is 6.76. The smallest absolute Gasteiger partial charge is 0.0680 e. The highest BCUT2D eigenvalue weighted by Crippen LogP contribution is 2.25. The Balaban J connectivity index is 1.73. The molecule has 2 aromatic carbocycles. The van der Waals surface area contributed by atoms with Gasteiger partial charge in [0.1, 0.15) is 0 Å². The highest BCUT2D eigenvalue weighted by atomic mass is 35.5. The summed E-state index contributed by atoms with van der Waals surface area (Å²) in [5, 5.41) is 1.06. The van der Waals surface area contributed by atoms with Crippen molar-refractivity contribution in [3.05, 3.63) is 58.1 Å². The summed E-state index contributed by atoms with van der Waals surface area (Å²) < 4.78 is 5.36. The van der Waals surface area contributed by atoms with E-state index in [4.69, 9.17) is 27.9 Å². The summed E-state index contributed by atoms with van der Waals surface area (Å²) in [6.45, 7) is 3.43. The first-order valence-electron chi connectivity index (χ1n) is 7.15. The number of halogens is 2. The maximum Gasteiger partial charge on any atom is 0.0680 e. The third-order valence-corrected chi connectivity index (χ3v) is 4.39. The molecule has 1 aliphatic rings. The Hall–Kier alpha value is -1.55. The molecule has 0 spiro atoms. The zero-order valence-electron chi connectivity index (χ0n) is 12.0. The summed E-state index contributed by atoms with van der Waals surface area (Å²) in [5.74, 6) is 0. The van der Waals surface area contributed by atoms with E-state index in [1.165, 1.54) is 5.69 Å².